The molecule has 0 bridgehead atoms. The largest absolute Gasteiger partial charge is 0.373 e. The molecule has 18 heavy (non-hydrogen) atoms. The minimum atomic E-state index is -0.303. The first kappa shape index (κ1) is 15.5. The first-order chi connectivity index (χ1) is 8.18. The summed E-state index contributed by atoms with van der Waals surface area (Å²) in [6.45, 7) is 12.9. The lowest BCUT2D eigenvalue weighted by atomic mass is 10.1. The highest BCUT2D eigenvalue weighted by molar-refractivity contribution is 7.94. The molecular formula is C15H24O2S. The van der Waals surface area contributed by atoms with Crippen LogP contribution in [0.25, 0.3) is 0 Å². The Balaban J connectivity index is 2.43. The van der Waals surface area contributed by atoms with E-state index in [-0.39, 0.29) is 11.2 Å². The van der Waals surface area contributed by atoms with Gasteiger partial charge in [-0.2, -0.15) is 0 Å². The first-order valence-corrected chi connectivity index (χ1v) is 6.98. The molecule has 0 unspecified atom stereocenters. The van der Waals surface area contributed by atoms with E-state index in [0.717, 1.165) is 4.90 Å². The van der Waals surface area contributed by atoms with Crippen molar-refractivity contribution in [2.75, 3.05) is 6.61 Å². The number of aryl methyl sites for hydroxylation is 1. The molecule has 0 amide bonds. The summed E-state index contributed by atoms with van der Waals surface area (Å²) in [5.74, 6) is 0. The molecule has 102 valence electrons. The number of hydrogen-bond acceptors (Lipinski definition) is 3. The molecule has 1 aromatic rings. The molecule has 1 rings (SSSR count). The Kier molecular flexibility index (Phi) is 5.26. The van der Waals surface area contributed by atoms with Crippen molar-refractivity contribution in [3.05, 3.63) is 29.8 Å². The summed E-state index contributed by atoms with van der Waals surface area (Å²) < 4.78 is 11.6. The summed E-state index contributed by atoms with van der Waals surface area (Å²) in [5, 5.41) is 0. The van der Waals surface area contributed by atoms with Crippen molar-refractivity contribution >= 4 is 12.0 Å². The molecule has 3 heteroatoms. The normalized spacial score (nSPS) is 12.8. The topological polar surface area (TPSA) is 18.5 Å². The molecule has 0 aliphatic heterocycles. The molecule has 0 aliphatic rings. The molecule has 0 atom stereocenters. The van der Waals surface area contributed by atoms with Crippen LogP contribution in [0, 0.1) is 6.92 Å². The fourth-order valence-electron chi connectivity index (χ4n) is 1.17. The lowest BCUT2D eigenvalue weighted by Gasteiger charge is -2.28. The number of hydrogen-bond donors (Lipinski definition) is 0. The highest BCUT2D eigenvalue weighted by Gasteiger charge is 2.23. The maximum atomic E-state index is 5.84. The van der Waals surface area contributed by atoms with Crippen LogP contribution < -0.4 is 0 Å². The molecule has 2 nitrogen and oxygen atoms in total. The third-order valence-electron chi connectivity index (χ3n) is 2.24. The third-order valence-corrected chi connectivity index (χ3v) is 3.24. The fourth-order valence-corrected chi connectivity index (χ4v) is 1.79. The van der Waals surface area contributed by atoms with Crippen LogP contribution in [-0.4, -0.2) is 17.8 Å². The average Bonchev–Trinajstić information content (AvgIpc) is 2.25. The van der Waals surface area contributed by atoms with Crippen molar-refractivity contribution in [3.8, 4) is 0 Å². The molecule has 0 radical (unpaired) electrons. The predicted molar refractivity (Wildman–Crippen MR) is 77.9 cm³/mol. The molecule has 1 aromatic carbocycles. The van der Waals surface area contributed by atoms with Crippen molar-refractivity contribution in [1.82, 2.24) is 0 Å². The van der Waals surface area contributed by atoms with Gasteiger partial charge in [0.25, 0.3) is 0 Å². The van der Waals surface area contributed by atoms with Gasteiger partial charge in [0.1, 0.15) is 5.60 Å². The van der Waals surface area contributed by atoms with Crippen molar-refractivity contribution in [3.63, 3.8) is 0 Å². The maximum Gasteiger partial charge on any atom is 0.101 e. The van der Waals surface area contributed by atoms with E-state index >= 15 is 0 Å². The second-order valence-corrected chi connectivity index (χ2v) is 6.95. The monoisotopic (exact) mass is 268 g/mol. The summed E-state index contributed by atoms with van der Waals surface area (Å²) in [5.41, 5.74) is 0.826. The zero-order valence-corrected chi connectivity index (χ0v) is 13.1. The molecule has 0 aromatic heterocycles. The van der Waals surface area contributed by atoms with E-state index in [1.165, 1.54) is 17.6 Å². The van der Waals surface area contributed by atoms with Crippen LogP contribution in [0.4, 0.5) is 0 Å². The second-order valence-electron chi connectivity index (χ2n) is 6.14. The van der Waals surface area contributed by atoms with E-state index in [4.69, 9.17) is 8.92 Å². The van der Waals surface area contributed by atoms with Gasteiger partial charge in [0.15, 0.2) is 0 Å². The lowest BCUT2D eigenvalue weighted by molar-refractivity contribution is -0.0665. The number of ether oxygens (including phenoxy) is 1. The zero-order valence-electron chi connectivity index (χ0n) is 12.2. The van der Waals surface area contributed by atoms with Crippen molar-refractivity contribution in [1.29, 1.82) is 0 Å². The summed E-state index contributed by atoms with van der Waals surface area (Å²) in [7, 11) is 0. The van der Waals surface area contributed by atoms with Crippen LogP contribution >= 0.6 is 12.0 Å². The maximum absolute atomic E-state index is 5.84. The van der Waals surface area contributed by atoms with E-state index in [9.17, 15) is 0 Å². The van der Waals surface area contributed by atoms with Crippen LogP contribution in [0.15, 0.2) is 29.2 Å². The SMILES string of the molecule is Cc1ccc(SOC(C)(C)COC(C)(C)C)cc1. The van der Waals surface area contributed by atoms with Crippen LogP contribution in [0.5, 0.6) is 0 Å². The highest BCUT2D eigenvalue weighted by Crippen LogP contribution is 2.27. The molecule has 0 N–H and O–H groups in total. The van der Waals surface area contributed by atoms with Gasteiger partial charge in [0.2, 0.25) is 0 Å². The summed E-state index contributed by atoms with van der Waals surface area (Å²) in [4.78, 5) is 1.12. The van der Waals surface area contributed by atoms with Gasteiger partial charge in [0.05, 0.1) is 12.2 Å². The molecule has 0 spiro atoms. The molecule has 0 saturated heterocycles. The van der Waals surface area contributed by atoms with Crippen LogP contribution in [-0.2, 0) is 8.92 Å². The number of rotatable bonds is 5. The Morgan fingerprint density at radius 3 is 2.06 bits per heavy atom. The highest BCUT2D eigenvalue weighted by atomic mass is 32.2. The average molecular weight is 268 g/mol. The Morgan fingerprint density at radius 1 is 1.00 bits per heavy atom. The second kappa shape index (κ2) is 6.09. The summed E-state index contributed by atoms with van der Waals surface area (Å²) in [6, 6.07) is 8.32. The van der Waals surface area contributed by atoms with Gasteiger partial charge in [-0.1, -0.05) is 17.7 Å². The summed E-state index contributed by atoms with van der Waals surface area (Å²) >= 11 is 1.41. The van der Waals surface area contributed by atoms with Crippen LogP contribution in [0.3, 0.4) is 0 Å². The van der Waals surface area contributed by atoms with Crippen molar-refractivity contribution in [2.24, 2.45) is 0 Å². The van der Waals surface area contributed by atoms with E-state index in [1.807, 2.05) is 13.8 Å². The van der Waals surface area contributed by atoms with Gasteiger partial charge in [-0.3, -0.25) is 0 Å². The van der Waals surface area contributed by atoms with Gasteiger partial charge >= 0.3 is 0 Å². The Labute approximate surface area is 115 Å². The van der Waals surface area contributed by atoms with Gasteiger partial charge in [-0.15, -0.1) is 0 Å². The van der Waals surface area contributed by atoms with E-state index < -0.39 is 0 Å². The van der Waals surface area contributed by atoms with E-state index in [2.05, 4.69) is 52.0 Å². The number of benzene rings is 1. The van der Waals surface area contributed by atoms with E-state index in [0.29, 0.717) is 6.61 Å². The van der Waals surface area contributed by atoms with E-state index in [1.54, 1.807) is 0 Å². The Hall–Kier alpha value is -0.510. The molecule has 0 fully saturated rings. The quantitative estimate of drug-likeness (QED) is 0.726. The Morgan fingerprint density at radius 2 is 1.56 bits per heavy atom. The standard InChI is InChI=1S/C15H24O2S/c1-12-7-9-13(10-8-12)18-17-15(5,6)11-16-14(2,3)4/h7-10H,11H2,1-6H3. The molecule has 0 heterocycles. The smallest absolute Gasteiger partial charge is 0.101 e. The minimum absolute atomic E-state index is 0.130. The van der Waals surface area contributed by atoms with Gasteiger partial charge in [0, 0.05) is 16.9 Å². The molecular weight excluding hydrogens is 244 g/mol. The van der Waals surface area contributed by atoms with Gasteiger partial charge in [-0.25, -0.2) is 0 Å². The third kappa shape index (κ3) is 6.43. The van der Waals surface area contributed by atoms with Gasteiger partial charge < -0.3 is 8.92 Å². The molecule has 0 saturated carbocycles. The zero-order chi connectivity index (χ0) is 13.8. The minimum Gasteiger partial charge on any atom is -0.373 e. The summed E-state index contributed by atoms with van der Waals surface area (Å²) in [6.07, 6.45) is 0. The van der Waals surface area contributed by atoms with Gasteiger partial charge in [-0.05, 0) is 53.7 Å². The van der Waals surface area contributed by atoms with Crippen LogP contribution in [0.2, 0.25) is 0 Å². The first-order valence-electron chi connectivity index (χ1n) is 6.24. The lowest BCUT2D eigenvalue weighted by Crippen LogP contribution is -2.33. The van der Waals surface area contributed by atoms with Crippen molar-refractivity contribution < 1.29 is 8.92 Å². The Bertz CT molecular complexity index is 363. The predicted octanol–water partition coefficient (Wildman–Crippen LogP) is 4.61. The van der Waals surface area contributed by atoms with Crippen molar-refractivity contribution in [2.45, 2.75) is 57.6 Å². The van der Waals surface area contributed by atoms with Crippen LogP contribution in [0.1, 0.15) is 40.2 Å². The molecule has 0 aliphatic carbocycles. The fraction of sp³-hybridized carbons (Fsp3) is 0.600.